The van der Waals surface area contributed by atoms with Crippen LogP contribution in [0, 0.1) is 17.6 Å². The minimum Gasteiger partial charge on any atom is -0.338 e. The Morgan fingerprint density at radius 1 is 1.47 bits per heavy atom. The number of nitrogens with one attached hydrogen (secondary N) is 1. The van der Waals surface area contributed by atoms with E-state index in [0.717, 1.165) is 19.0 Å². The van der Waals surface area contributed by atoms with Crippen molar-refractivity contribution >= 4 is 18.3 Å². The van der Waals surface area contributed by atoms with Gasteiger partial charge in [0.15, 0.2) is 11.6 Å². The number of rotatable bonds is 3. The van der Waals surface area contributed by atoms with Crippen LogP contribution in [0.2, 0.25) is 0 Å². The van der Waals surface area contributed by atoms with Crippen molar-refractivity contribution < 1.29 is 13.6 Å². The fourth-order valence-electron chi connectivity index (χ4n) is 2.31. The van der Waals surface area contributed by atoms with Crippen LogP contribution in [-0.2, 0) is 0 Å². The van der Waals surface area contributed by atoms with Crippen molar-refractivity contribution in [2.45, 2.75) is 6.42 Å². The van der Waals surface area contributed by atoms with E-state index in [4.69, 9.17) is 0 Å². The quantitative estimate of drug-likeness (QED) is 0.924. The lowest BCUT2D eigenvalue weighted by atomic mass is 10.1. The zero-order valence-electron chi connectivity index (χ0n) is 10.7. The average molecular weight is 291 g/mol. The molecule has 1 heterocycles. The van der Waals surface area contributed by atoms with Crippen LogP contribution >= 0.6 is 12.4 Å². The molecule has 1 aromatic carbocycles. The molecule has 1 fully saturated rings. The Labute approximate surface area is 117 Å². The van der Waals surface area contributed by atoms with Crippen molar-refractivity contribution in [1.82, 2.24) is 10.2 Å². The van der Waals surface area contributed by atoms with E-state index in [0.29, 0.717) is 19.0 Å². The molecular formula is C13H17ClF2N2O. The van der Waals surface area contributed by atoms with Gasteiger partial charge in [0, 0.05) is 13.1 Å². The lowest BCUT2D eigenvalue weighted by molar-refractivity contribution is 0.0781. The molecule has 106 valence electrons. The maximum absolute atomic E-state index is 13.5. The van der Waals surface area contributed by atoms with E-state index >= 15 is 0 Å². The third-order valence-corrected chi connectivity index (χ3v) is 3.25. The Morgan fingerprint density at radius 2 is 2.21 bits per heavy atom. The summed E-state index contributed by atoms with van der Waals surface area (Å²) >= 11 is 0. The topological polar surface area (TPSA) is 32.3 Å². The van der Waals surface area contributed by atoms with Crippen molar-refractivity contribution in [2.24, 2.45) is 5.92 Å². The van der Waals surface area contributed by atoms with Gasteiger partial charge < -0.3 is 10.2 Å². The smallest absolute Gasteiger partial charge is 0.256 e. The summed E-state index contributed by atoms with van der Waals surface area (Å²) in [6.07, 6.45) is 0.892. The third-order valence-electron chi connectivity index (χ3n) is 3.25. The molecule has 1 amide bonds. The van der Waals surface area contributed by atoms with Crippen molar-refractivity contribution in [3.05, 3.63) is 35.4 Å². The minimum atomic E-state index is -1.06. The molecule has 0 aromatic heterocycles. The zero-order valence-corrected chi connectivity index (χ0v) is 11.5. The van der Waals surface area contributed by atoms with Gasteiger partial charge >= 0.3 is 0 Å². The molecule has 0 spiro atoms. The van der Waals surface area contributed by atoms with Crippen LogP contribution in [0.1, 0.15) is 16.8 Å². The van der Waals surface area contributed by atoms with Gasteiger partial charge in [-0.1, -0.05) is 6.07 Å². The number of carbonyl (C=O) groups excluding carboxylic acids is 1. The van der Waals surface area contributed by atoms with Crippen LogP contribution in [0.15, 0.2) is 18.2 Å². The summed E-state index contributed by atoms with van der Waals surface area (Å²) in [4.78, 5) is 13.7. The molecule has 1 aliphatic heterocycles. The van der Waals surface area contributed by atoms with Crippen molar-refractivity contribution in [3.8, 4) is 0 Å². The first-order valence-electron chi connectivity index (χ1n) is 6.01. The number of likely N-dealkylation sites (tertiary alicyclic amines) is 1. The highest BCUT2D eigenvalue weighted by Gasteiger charge is 2.28. The number of amides is 1. The summed E-state index contributed by atoms with van der Waals surface area (Å²) in [6, 6.07) is 3.69. The molecule has 0 radical (unpaired) electrons. The molecule has 1 N–H and O–H groups in total. The molecule has 1 saturated heterocycles. The molecular weight excluding hydrogens is 274 g/mol. The van der Waals surface area contributed by atoms with Crippen LogP contribution in [-0.4, -0.2) is 37.5 Å². The Balaban J connectivity index is 0.00000180. The molecule has 1 aliphatic rings. The van der Waals surface area contributed by atoms with Crippen molar-refractivity contribution in [3.63, 3.8) is 0 Å². The van der Waals surface area contributed by atoms with Crippen molar-refractivity contribution in [1.29, 1.82) is 0 Å². The number of nitrogens with zero attached hydrogens (tertiary/aromatic N) is 1. The van der Waals surface area contributed by atoms with Crippen LogP contribution in [0.3, 0.4) is 0 Å². The molecule has 1 atom stereocenters. The van der Waals surface area contributed by atoms with Gasteiger partial charge in [0.2, 0.25) is 0 Å². The van der Waals surface area contributed by atoms with E-state index in [2.05, 4.69) is 5.32 Å². The van der Waals surface area contributed by atoms with Crippen LogP contribution in [0.5, 0.6) is 0 Å². The first-order valence-corrected chi connectivity index (χ1v) is 6.01. The monoisotopic (exact) mass is 290 g/mol. The van der Waals surface area contributed by atoms with E-state index in [-0.39, 0.29) is 18.0 Å². The number of carbonyl (C=O) groups is 1. The van der Waals surface area contributed by atoms with Gasteiger partial charge in [0.25, 0.3) is 5.91 Å². The van der Waals surface area contributed by atoms with Gasteiger partial charge in [-0.25, -0.2) is 8.78 Å². The fourth-order valence-corrected chi connectivity index (χ4v) is 2.31. The Bertz CT molecular complexity index is 456. The summed E-state index contributed by atoms with van der Waals surface area (Å²) in [5.74, 6) is -2.08. The standard InChI is InChI=1S/C13H16F2N2O.ClH/c1-16-7-9-5-6-17(8-9)13(18)10-3-2-4-11(14)12(10)15;/h2-4,9,16H,5-8H2,1H3;1H. The van der Waals surface area contributed by atoms with Gasteiger partial charge in [0.1, 0.15) is 0 Å². The lowest BCUT2D eigenvalue weighted by Gasteiger charge is -2.17. The zero-order chi connectivity index (χ0) is 13.1. The van der Waals surface area contributed by atoms with E-state index in [1.165, 1.54) is 12.1 Å². The normalized spacial score (nSPS) is 18.3. The second kappa shape index (κ2) is 6.82. The molecule has 0 aliphatic carbocycles. The van der Waals surface area contributed by atoms with E-state index in [1.807, 2.05) is 7.05 Å². The fraction of sp³-hybridized carbons (Fsp3) is 0.462. The third kappa shape index (κ3) is 3.42. The van der Waals surface area contributed by atoms with Gasteiger partial charge in [-0.15, -0.1) is 12.4 Å². The Hall–Kier alpha value is -1.20. The summed E-state index contributed by atoms with van der Waals surface area (Å²) in [6.45, 7) is 2.02. The van der Waals surface area contributed by atoms with Gasteiger partial charge in [0.05, 0.1) is 5.56 Å². The molecule has 1 unspecified atom stereocenters. The molecule has 0 saturated carbocycles. The first-order chi connectivity index (χ1) is 8.63. The second-order valence-corrected chi connectivity index (χ2v) is 4.56. The lowest BCUT2D eigenvalue weighted by Crippen LogP contribution is -2.31. The van der Waals surface area contributed by atoms with Gasteiger partial charge in [-0.05, 0) is 38.1 Å². The maximum Gasteiger partial charge on any atom is 0.256 e. The predicted molar refractivity (Wildman–Crippen MR) is 71.5 cm³/mol. The average Bonchev–Trinajstić information content (AvgIpc) is 2.81. The molecule has 1 aromatic rings. The second-order valence-electron chi connectivity index (χ2n) is 4.56. The largest absolute Gasteiger partial charge is 0.338 e. The highest BCUT2D eigenvalue weighted by molar-refractivity contribution is 5.94. The number of benzene rings is 1. The highest BCUT2D eigenvalue weighted by Crippen LogP contribution is 2.20. The van der Waals surface area contributed by atoms with Crippen LogP contribution < -0.4 is 5.32 Å². The summed E-state index contributed by atoms with van der Waals surface area (Å²) in [7, 11) is 1.86. The maximum atomic E-state index is 13.5. The minimum absolute atomic E-state index is 0. The van der Waals surface area contributed by atoms with Crippen LogP contribution in [0.4, 0.5) is 8.78 Å². The van der Waals surface area contributed by atoms with Crippen LogP contribution in [0.25, 0.3) is 0 Å². The molecule has 6 heteroatoms. The molecule has 3 nitrogen and oxygen atoms in total. The van der Waals surface area contributed by atoms with Crippen molar-refractivity contribution in [2.75, 3.05) is 26.7 Å². The highest BCUT2D eigenvalue weighted by atomic mass is 35.5. The van der Waals surface area contributed by atoms with E-state index in [9.17, 15) is 13.6 Å². The SMILES string of the molecule is CNCC1CCN(C(=O)c2cccc(F)c2F)C1.Cl. The number of hydrogen-bond acceptors (Lipinski definition) is 2. The summed E-state index contributed by atoms with van der Waals surface area (Å²) in [5, 5.41) is 3.06. The molecule has 0 bridgehead atoms. The summed E-state index contributed by atoms with van der Waals surface area (Å²) in [5.41, 5.74) is -0.180. The number of hydrogen-bond donors (Lipinski definition) is 1. The van der Waals surface area contributed by atoms with E-state index < -0.39 is 17.5 Å². The predicted octanol–water partition coefficient (Wildman–Crippen LogP) is 2.07. The summed E-state index contributed by atoms with van der Waals surface area (Å²) < 4.78 is 26.6. The van der Waals surface area contributed by atoms with Gasteiger partial charge in [-0.2, -0.15) is 0 Å². The molecule has 2 rings (SSSR count). The number of halogens is 3. The Kier molecular flexibility index (Phi) is 5.69. The molecule has 19 heavy (non-hydrogen) atoms. The van der Waals surface area contributed by atoms with E-state index in [1.54, 1.807) is 4.90 Å². The van der Waals surface area contributed by atoms with Gasteiger partial charge in [-0.3, -0.25) is 4.79 Å². The first kappa shape index (κ1) is 15.9. The Morgan fingerprint density at radius 3 is 2.89 bits per heavy atom.